The number of carbonyl (C=O) groups is 2. The molecule has 0 spiro atoms. The predicted octanol–water partition coefficient (Wildman–Crippen LogP) is -0.277. The van der Waals surface area contributed by atoms with Crippen LogP contribution in [0.25, 0.3) is 0 Å². The van der Waals surface area contributed by atoms with Crippen LogP contribution in [0.3, 0.4) is 0 Å². The molecule has 0 aliphatic heterocycles. The maximum atomic E-state index is 12.2. The highest BCUT2D eigenvalue weighted by molar-refractivity contribution is 5.84. The summed E-state index contributed by atoms with van der Waals surface area (Å²) in [6.07, 6.45) is 8.18. The highest BCUT2D eigenvalue weighted by atomic mass is 16.2. The number of quaternary nitrogens is 1. The van der Waals surface area contributed by atoms with Crippen LogP contribution in [0.1, 0.15) is 38.5 Å². The molecule has 0 heterocycles. The first-order valence-electron chi connectivity index (χ1n) is 8.28. The van der Waals surface area contributed by atoms with Crippen molar-refractivity contribution in [2.75, 3.05) is 27.2 Å². The first-order valence-corrected chi connectivity index (χ1v) is 8.28. The molecule has 4 fully saturated rings. The van der Waals surface area contributed by atoms with Gasteiger partial charge in [-0.2, -0.15) is 0 Å². The Bertz CT molecular complexity index is 400. The number of nitrogens with two attached hydrogens (primary N) is 1. The maximum absolute atomic E-state index is 12.2. The average molecular weight is 294 g/mol. The lowest BCUT2D eigenvalue weighted by Gasteiger charge is -2.54. The van der Waals surface area contributed by atoms with Crippen molar-refractivity contribution in [1.82, 2.24) is 10.2 Å². The van der Waals surface area contributed by atoms with E-state index in [9.17, 15) is 9.59 Å². The molecule has 0 aromatic heterocycles. The van der Waals surface area contributed by atoms with Gasteiger partial charge in [-0.05, 0) is 37.0 Å². The van der Waals surface area contributed by atoms with Gasteiger partial charge in [0.1, 0.15) is 0 Å². The molecule has 5 heteroatoms. The van der Waals surface area contributed by atoms with Gasteiger partial charge in [-0.3, -0.25) is 9.59 Å². The van der Waals surface area contributed by atoms with E-state index in [1.54, 1.807) is 14.1 Å². The Morgan fingerprint density at radius 3 is 2.14 bits per heavy atom. The molecule has 21 heavy (non-hydrogen) atoms. The number of nitrogens with one attached hydrogen (secondary N) is 1. The van der Waals surface area contributed by atoms with E-state index in [2.05, 4.69) is 10.6 Å². The van der Waals surface area contributed by atoms with Crippen LogP contribution in [-0.2, 0) is 9.59 Å². The summed E-state index contributed by atoms with van der Waals surface area (Å²) in [6.45, 7) is 0.643. The van der Waals surface area contributed by atoms with Crippen LogP contribution in [0.2, 0.25) is 0 Å². The quantitative estimate of drug-likeness (QED) is 0.732. The number of nitrogens with zero attached hydrogens (tertiary/aromatic N) is 1. The summed E-state index contributed by atoms with van der Waals surface area (Å²) < 4.78 is 0. The van der Waals surface area contributed by atoms with Gasteiger partial charge in [0.2, 0.25) is 5.91 Å². The number of hydrogen-bond donors (Lipinski definition) is 2. The minimum Gasteiger partial charge on any atom is -0.358 e. The third-order valence-corrected chi connectivity index (χ3v) is 5.88. The Balaban J connectivity index is 1.53. The Morgan fingerprint density at radius 2 is 1.67 bits per heavy atom. The van der Waals surface area contributed by atoms with Crippen LogP contribution in [0, 0.1) is 17.8 Å². The molecular weight excluding hydrogens is 266 g/mol. The maximum Gasteiger partial charge on any atom is 0.277 e. The van der Waals surface area contributed by atoms with E-state index in [0.29, 0.717) is 12.1 Å². The van der Waals surface area contributed by atoms with E-state index in [1.807, 2.05) is 0 Å². The Hall–Kier alpha value is -1.10. The molecule has 3 N–H and O–H groups in total. The minimum atomic E-state index is -0.111. The SMILES string of the molecule is CNC(=O)CN(C)C(=O)C[NH2+]C12CC3CC(CC(C3)C1)C2. The van der Waals surface area contributed by atoms with Gasteiger partial charge in [0.05, 0.1) is 12.1 Å². The number of likely N-dealkylation sites (N-methyl/N-ethyl adjacent to an activating group) is 2. The summed E-state index contributed by atoms with van der Waals surface area (Å²) in [5.41, 5.74) is 0.332. The monoisotopic (exact) mass is 294 g/mol. The molecule has 0 aromatic carbocycles. The number of carbonyl (C=O) groups excluding carboxylic acids is 2. The van der Waals surface area contributed by atoms with Gasteiger partial charge in [0.15, 0.2) is 6.54 Å². The fraction of sp³-hybridized carbons (Fsp3) is 0.875. The highest BCUT2D eigenvalue weighted by Crippen LogP contribution is 2.54. The van der Waals surface area contributed by atoms with Crippen LogP contribution in [0.4, 0.5) is 0 Å². The molecule has 4 saturated carbocycles. The molecule has 4 bridgehead atoms. The van der Waals surface area contributed by atoms with Crippen molar-refractivity contribution >= 4 is 11.8 Å². The zero-order valence-electron chi connectivity index (χ0n) is 13.2. The minimum absolute atomic E-state index is 0.0642. The molecule has 118 valence electrons. The number of hydrogen-bond acceptors (Lipinski definition) is 2. The van der Waals surface area contributed by atoms with Gasteiger partial charge in [0.25, 0.3) is 5.91 Å². The van der Waals surface area contributed by atoms with Crippen molar-refractivity contribution in [3.05, 3.63) is 0 Å². The molecule has 0 atom stereocenters. The molecule has 4 aliphatic carbocycles. The average Bonchev–Trinajstić information content (AvgIpc) is 2.43. The summed E-state index contributed by atoms with van der Waals surface area (Å²) in [5, 5.41) is 4.86. The lowest BCUT2D eigenvalue weighted by Crippen LogP contribution is -3.00. The van der Waals surface area contributed by atoms with Crippen molar-refractivity contribution in [3.8, 4) is 0 Å². The van der Waals surface area contributed by atoms with Gasteiger partial charge >= 0.3 is 0 Å². The third-order valence-electron chi connectivity index (χ3n) is 5.88. The second-order valence-corrected chi connectivity index (χ2v) is 7.61. The van der Waals surface area contributed by atoms with Crippen LogP contribution in [0.15, 0.2) is 0 Å². The van der Waals surface area contributed by atoms with Gasteiger partial charge in [0, 0.05) is 33.4 Å². The van der Waals surface area contributed by atoms with E-state index in [1.165, 1.54) is 43.4 Å². The van der Waals surface area contributed by atoms with Crippen LogP contribution in [-0.4, -0.2) is 49.4 Å². The summed E-state index contributed by atoms with van der Waals surface area (Å²) in [4.78, 5) is 25.1. The second kappa shape index (κ2) is 5.59. The molecule has 5 nitrogen and oxygen atoms in total. The van der Waals surface area contributed by atoms with E-state index in [4.69, 9.17) is 0 Å². The molecular formula is C16H28N3O2+. The fourth-order valence-corrected chi connectivity index (χ4v) is 5.27. The van der Waals surface area contributed by atoms with Crippen molar-refractivity contribution in [2.24, 2.45) is 17.8 Å². The van der Waals surface area contributed by atoms with E-state index >= 15 is 0 Å². The summed E-state index contributed by atoms with van der Waals surface area (Å²) >= 11 is 0. The van der Waals surface area contributed by atoms with Gasteiger partial charge in [-0.1, -0.05) is 0 Å². The molecule has 4 aliphatic rings. The Kier molecular flexibility index (Phi) is 3.95. The van der Waals surface area contributed by atoms with Crippen LogP contribution in [0.5, 0.6) is 0 Å². The molecule has 0 radical (unpaired) electrons. The van der Waals surface area contributed by atoms with E-state index in [-0.39, 0.29) is 18.4 Å². The van der Waals surface area contributed by atoms with Gasteiger partial charge in [-0.15, -0.1) is 0 Å². The molecule has 0 aromatic rings. The van der Waals surface area contributed by atoms with Gasteiger partial charge in [-0.25, -0.2) is 0 Å². The zero-order valence-corrected chi connectivity index (χ0v) is 13.2. The predicted molar refractivity (Wildman–Crippen MR) is 79.4 cm³/mol. The largest absolute Gasteiger partial charge is 0.358 e. The number of amides is 2. The van der Waals surface area contributed by atoms with Crippen molar-refractivity contribution in [1.29, 1.82) is 0 Å². The van der Waals surface area contributed by atoms with Crippen LogP contribution < -0.4 is 10.6 Å². The summed E-state index contributed by atoms with van der Waals surface area (Å²) in [6, 6.07) is 0. The van der Waals surface area contributed by atoms with Crippen molar-refractivity contribution in [3.63, 3.8) is 0 Å². The lowest BCUT2D eigenvalue weighted by molar-refractivity contribution is -0.730. The van der Waals surface area contributed by atoms with Crippen LogP contribution >= 0.6 is 0 Å². The normalized spacial score (nSPS) is 36.6. The first kappa shape index (κ1) is 14.8. The third kappa shape index (κ3) is 3.07. The summed E-state index contributed by atoms with van der Waals surface area (Å²) in [5.74, 6) is 2.68. The molecule has 0 saturated heterocycles. The molecule has 4 rings (SSSR count). The summed E-state index contributed by atoms with van der Waals surface area (Å²) in [7, 11) is 3.31. The fourth-order valence-electron chi connectivity index (χ4n) is 5.27. The van der Waals surface area contributed by atoms with Crippen molar-refractivity contribution in [2.45, 2.75) is 44.1 Å². The Morgan fingerprint density at radius 1 is 1.14 bits per heavy atom. The van der Waals surface area contributed by atoms with Gasteiger partial charge < -0.3 is 15.5 Å². The molecule has 2 amide bonds. The zero-order chi connectivity index (χ0) is 15.0. The topological polar surface area (TPSA) is 66.0 Å². The standard InChI is InChI=1S/C16H27N3O2/c1-17-14(20)10-19(2)15(21)9-18-16-6-11-3-12(7-16)5-13(4-11)8-16/h11-13,18H,3-10H2,1-2H3,(H,17,20)/p+1. The smallest absolute Gasteiger partial charge is 0.277 e. The second-order valence-electron chi connectivity index (χ2n) is 7.61. The highest BCUT2D eigenvalue weighted by Gasteiger charge is 2.53. The Labute approximate surface area is 126 Å². The first-order chi connectivity index (χ1) is 9.99. The van der Waals surface area contributed by atoms with Crippen molar-refractivity contribution < 1.29 is 14.9 Å². The van der Waals surface area contributed by atoms with E-state index < -0.39 is 0 Å². The number of rotatable bonds is 5. The molecule has 0 unspecified atom stereocenters. The lowest BCUT2D eigenvalue weighted by atomic mass is 9.53. The van der Waals surface area contributed by atoms with E-state index in [0.717, 1.165) is 17.8 Å².